The molecule has 9 nitrogen and oxygen atoms in total. The number of nitrogens with one attached hydrogen (secondary N) is 2. The number of methoxy groups -OCH3 is 1. The first-order chi connectivity index (χ1) is 23.4. The number of rotatable bonds is 8. The third-order valence-electron chi connectivity index (χ3n) is 10.3. The second-order valence-electron chi connectivity index (χ2n) is 13.4. The number of aromatic amines is 2. The average Bonchev–Trinajstić information content (AvgIpc) is 3.80. The minimum atomic E-state index is -1.17. The Kier molecular flexibility index (Phi) is 9.05. The van der Waals surface area contributed by atoms with Crippen LogP contribution in [-0.4, -0.2) is 51.4 Å². The lowest BCUT2D eigenvalue weighted by Gasteiger charge is -2.18. The standard InChI is InChI=1S/C40H44N4O5/c1-10-24-20(5)27-16-29-22(7)26(12-13-33(45)49-15-14-19(3)4)37(43-29)35-36(40(47)48-9)39(46)34-23(8)30(44-38(34)35)18-32-25(11-2)21(6)28(42-32)17-31(24)41-27/h10,14,16-18,22,26,36,41,44H,1,11-13,15H2,2-9H3/t22-,26-,36?/m0/s1. The van der Waals surface area contributed by atoms with Crippen molar-refractivity contribution in [3.8, 4) is 0 Å². The SMILES string of the molecule is C=Cc1c(C)c2cc3nc(c4c5[nH]c(cc6nc(cc1[nH]2)C(C)=C6CC)c(C)c5C(=O)C4C(=O)OC)[C@@H](CCC(=O)OCC=C(C)C)[C@@H]3C. The van der Waals surface area contributed by atoms with E-state index >= 15 is 0 Å². The highest BCUT2D eigenvalue weighted by molar-refractivity contribution is 6.23. The van der Waals surface area contributed by atoms with Crippen LogP contribution in [0.5, 0.6) is 0 Å². The Balaban J connectivity index is 1.68. The van der Waals surface area contributed by atoms with Gasteiger partial charge in [-0.25, -0.2) is 4.98 Å². The molecule has 0 fully saturated rings. The highest BCUT2D eigenvalue weighted by Gasteiger charge is 2.45. The van der Waals surface area contributed by atoms with Crippen molar-refractivity contribution in [2.24, 2.45) is 0 Å². The van der Waals surface area contributed by atoms with Gasteiger partial charge in [0.25, 0.3) is 0 Å². The molecular weight excluding hydrogens is 616 g/mol. The van der Waals surface area contributed by atoms with Crippen LogP contribution in [0.1, 0.15) is 127 Å². The van der Waals surface area contributed by atoms with Gasteiger partial charge in [-0.05, 0) is 94.0 Å². The van der Waals surface area contributed by atoms with Crippen molar-refractivity contribution in [2.45, 2.75) is 85.5 Å². The Hall–Kier alpha value is -5.05. The number of ether oxygens (including phenoxy) is 2. The summed E-state index contributed by atoms with van der Waals surface area (Å²) in [6.45, 7) is 18.4. The fraction of sp³-hybridized carbons (Fsp3) is 0.375. The lowest BCUT2D eigenvalue weighted by atomic mass is 9.84. The van der Waals surface area contributed by atoms with Crippen LogP contribution in [0.3, 0.4) is 0 Å². The highest BCUT2D eigenvalue weighted by Crippen LogP contribution is 2.48. The number of ketones is 1. The van der Waals surface area contributed by atoms with Crippen LogP contribution in [-0.2, 0) is 19.1 Å². The third-order valence-corrected chi connectivity index (χ3v) is 10.3. The van der Waals surface area contributed by atoms with E-state index in [1.807, 2.05) is 52.0 Å². The zero-order chi connectivity index (χ0) is 35.3. The Morgan fingerprint density at radius 3 is 2.39 bits per heavy atom. The van der Waals surface area contributed by atoms with Crippen molar-refractivity contribution in [3.63, 3.8) is 0 Å². The molecule has 6 rings (SSSR count). The van der Waals surface area contributed by atoms with Crippen molar-refractivity contribution < 1.29 is 23.9 Å². The van der Waals surface area contributed by atoms with E-state index in [0.29, 0.717) is 28.8 Å². The van der Waals surface area contributed by atoms with Gasteiger partial charge in [-0.3, -0.25) is 19.4 Å². The van der Waals surface area contributed by atoms with E-state index < -0.39 is 11.9 Å². The second-order valence-corrected chi connectivity index (χ2v) is 13.4. The van der Waals surface area contributed by atoms with Gasteiger partial charge >= 0.3 is 11.9 Å². The molecule has 0 saturated carbocycles. The molecule has 1 aliphatic carbocycles. The Morgan fingerprint density at radius 1 is 1.00 bits per heavy atom. The lowest BCUT2D eigenvalue weighted by Crippen LogP contribution is -2.21. The molecule has 8 bridgehead atoms. The van der Waals surface area contributed by atoms with E-state index in [1.54, 1.807) is 0 Å². The summed E-state index contributed by atoms with van der Waals surface area (Å²) in [7, 11) is 1.29. The third kappa shape index (κ3) is 5.75. The van der Waals surface area contributed by atoms with E-state index in [-0.39, 0.29) is 36.6 Å². The van der Waals surface area contributed by atoms with Gasteiger partial charge in [-0.1, -0.05) is 32.1 Å². The van der Waals surface area contributed by atoms with Crippen LogP contribution < -0.4 is 0 Å². The van der Waals surface area contributed by atoms with E-state index in [9.17, 15) is 14.4 Å². The molecule has 2 N–H and O–H groups in total. The first-order valence-electron chi connectivity index (χ1n) is 16.9. The summed E-state index contributed by atoms with van der Waals surface area (Å²) in [4.78, 5) is 57.8. The number of nitrogens with zero attached hydrogens (tertiary/aromatic N) is 2. The maximum Gasteiger partial charge on any atom is 0.321 e. The monoisotopic (exact) mass is 660 g/mol. The number of hydrogen-bond donors (Lipinski definition) is 2. The van der Waals surface area contributed by atoms with Gasteiger partial charge in [0, 0.05) is 57.2 Å². The highest BCUT2D eigenvalue weighted by atomic mass is 16.5. The van der Waals surface area contributed by atoms with Crippen molar-refractivity contribution >= 4 is 57.0 Å². The van der Waals surface area contributed by atoms with Gasteiger partial charge < -0.3 is 19.4 Å². The van der Waals surface area contributed by atoms with E-state index in [2.05, 4.69) is 43.4 Å². The quantitative estimate of drug-likeness (QED) is 0.141. The molecule has 3 aromatic rings. The minimum absolute atomic E-state index is 0.140. The van der Waals surface area contributed by atoms with E-state index in [0.717, 1.165) is 73.5 Å². The van der Waals surface area contributed by atoms with Crippen molar-refractivity contribution in [3.05, 3.63) is 87.0 Å². The number of carbonyl (C=O) groups excluding carboxylic acids is 3. The molecule has 9 heteroatoms. The van der Waals surface area contributed by atoms with Crippen LogP contribution in [0.2, 0.25) is 0 Å². The van der Waals surface area contributed by atoms with Crippen LogP contribution >= 0.6 is 0 Å². The Labute approximate surface area is 286 Å². The average molecular weight is 661 g/mol. The number of aromatic nitrogens is 4. The molecule has 0 aromatic carbocycles. The van der Waals surface area contributed by atoms with Crippen molar-refractivity contribution in [2.75, 3.05) is 13.7 Å². The normalized spacial score (nSPS) is 18.1. The second kappa shape index (κ2) is 13.1. The molecule has 3 aliphatic rings. The summed E-state index contributed by atoms with van der Waals surface area (Å²) in [5.74, 6) is -2.87. The minimum Gasteiger partial charge on any atom is -0.468 e. The lowest BCUT2D eigenvalue weighted by molar-refractivity contribution is -0.143. The molecule has 49 heavy (non-hydrogen) atoms. The van der Waals surface area contributed by atoms with Gasteiger partial charge in [0.15, 0.2) is 5.78 Å². The van der Waals surface area contributed by atoms with E-state index in [4.69, 9.17) is 19.4 Å². The van der Waals surface area contributed by atoms with Crippen LogP contribution in [0.15, 0.2) is 36.4 Å². The number of carbonyl (C=O) groups is 3. The maximum atomic E-state index is 14.2. The predicted octanol–water partition coefficient (Wildman–Crippen LogP) is 8.55. The van der Waals surface area contributed by atoms with Crippen LogP contribution in [0, 0.1) is 13.8 Å². The molecule has 0 amide bonds. The molecule has 3 aromatic heterocycles. The summed E-state index contributed by atoms with van der Waals surface area (Å²) >= 11 is 0. The zero-order valence-corrected chi connectivity index (χ0v) is 29.6. The van der Waals surface area contributed by atoms with Crippen molar-refractivity contribution in [1.29, 1.82) is 0 Å². The molecule has 254 valence electrons. The number of hydrogen-bond acceptors (Lipinski definition) is 7. The van der Waals surface area contributed by atoms with Crippen LogP contribution in [0.25, 0.3) is 39.3 Å². The number of allylic oxidation sites excluding steroid dienone is 3. The Morgan fingerprint density at radius 2 is 1.71 bits per heavy atom. The molecule has 3 atom stereocenters. The smallest absolute Gasteiger partial charge is 0.321 e. The molecule has 5 heterocycles. The summed E-state index contributed by atoms with van der Waals surface area (Å²) in [5, 5.41) is 0. The van der Waals surface area contributed by atoms with Crippen LogP contribution in [0.4, 0.5) is 0 Å². The summed E-state index contributed by atoms with van der Waals surface area (Å²) in [5.41, 5.74) is 13.1. The van der Waals surface area contributed by atoms with Gasteiger partial charge in [-0.15, -0.1) is 0 Å². The molecule has 0 saturated heterocycles. The van der Waals surface area contributed by atoms with Gasteiger partial charge in [0.1, 0.15) is 12.5 Å². The molecule has 0 radical (unpaired) electrons. The summed E-state index contributed by atoms with van der Waals surface area (Å²) in [6.07, 6.45) is 5.07. The molecule has 0 spiro atoms. The van der Waals surface area contributed by atoms with E-state index in [1.165, 1.54) is 7.11 Å². The Bertz CT molecular complexity index is 2160. The molecule has 2 aliphatic heterocycles. The number of Topliss-reactive ketones (excluding diaryl/α,β-unsaturated/α-hetero) is 1. The number of H-pyrrole nitrogens is 2. The van der Waals surface area contributed by atoms with Crippen molar-refractivity contribution in [1.82, 2.24) is 19.9 Å². The maximum absolute atomic E-state index is 14.2. The molecular formula is C40H44N4O5. The zero-order valence-electron chi connectivity index (χ0n) is 29.6. The van der Waals surface area contributed by atoms with Gasteiger partial charge in [-0.2, -0.15) is 0 Å². The largest absolute Gasteiger partial charge is 0.468 e. The summed E-state index contributed by atoms with van der Waals surface area (Å²) < 4.78 is 10.7. The first kappa shape index (κ1) is 33.8. The predicted molar refractivity (Wildman–Crippen MR) is 193 cm³/mol. The fourth-order valence-electron chi connectivity index (χ4n) is 7.46. The number of esters is 2. The van der Waals surface area contributed by atoms with Gasteiger partial charge in [0.2, 0.25) is 0 Å². The first-order valence-corrected chi connectivity index (χ1v) is 16.9. The topological polar surface area (TPSA) is 127 Å². The number of fused-ring (bicyclic) bond motifs is 8. The number of aryl methyl sites for hydroxylation is 2. The fourth-order valence-corrected chi connectivity index (χ4v) is 7.46. The molecule has 1 unspecified atom stereocenters. The summed E-state index contributed by atoms with van der Waals surface area (Å²) in [6, 6.07) is 6.09. The van der Waals surface area contributed by atoms with Gasteiger partial charge in [0.05, 0.1) is 29.7 Å².